The van der Waals surface area contributed by atoms with Gasteiger partial charge in [-0.3, -0.25) is 0 Å². The second-order valence-electron chi connectivity index (χ2n) is 8.00. The molecule has 0 bridgehead atoms. The van der Waals surface area contributed by atoms with Crippen molar-refractivity contribution in [3.63, 3.8) is 0 Å². The molecule has 0 spiro atoms. The van der Waals surface area contributed by atoms with Crippen molar-refractivity contribution >= 4 is 12.4 Å². The van der Waals surface area contributed by atoms with Crippen LogP contribution < -0.4 is 0 Å². The van der Waals surface area contributed by atoms with Crippen LogP contribution in [0.1, 0.15) is 27.8 Å². The number of ether oxygens (including phenoxy) is 2. The third-order valence-electron chi connectivity index (χ3n) is 5.22. The summed E-state index contributed by atoms with van der Waals surface area (Å²) in [6, 6.07) is 26.2. The molecule has 0 aromatic heterocycles. The molecule has 0 aliphatic heterocycles. The molecule has 3 aromatic rings. The summed E-state index contributed by atoms with van der Waals surface area (Å²) >= 11 is 0. The van der Waals surface area contributed by atoms with E-state index in [0.717, 1.165) is 23.0 Å². The minimum absolute atomic E-state index is 0.252. The Kier molecular flexibility index (Phi) is 8.34. The molecule has 0 radical (unpaired) electrons. The lowest BCUT2D eigenvalue weighted by Gasteiger charge is -2.24. The van der Waals surface area contributed by atoms with Crippen molar-refractivity contribution in [3.8, 4) is 0 Å². The van der Waals surface area contributed by atoms with Gasteiger partial charge < -0.3 is 14.3 Å². The predicted octanol–water partition coefficient (Wildman–Crippen LogP) is 5.94. The number of hydrogen-bond acceptors (Lipinski definition) is 3. The van der Waals surface area contributed by atoms with Crippen molar-refractivity contribution in [3.05, 3.63) is 113 Å². The summed E-state index contributed by atoms with van der Waals surface area (Å²) < 4.78 is 11.9. The first-order chi connectivity index (χ1) is 15.1. The van der Waals surface area contributed by atoms with E-state index in [2.05, 4.69) is 32.0 Å². The van der Waals surface area contributed by atoms with Gasteiger partial charge in [-0.2, -0.15) is 0 Å². The molecule has 3 aromatic carbocycles. The van der Waals surface area contributed by atoms with Crippen LogP contribution in [-0.4, -0.2) is 19.5 Å². The topological polar surface area (TPSA) is 35.5 Å². The van der Waals surface area contributed by atoms with Gasteiger partial charge in [-0.15, -0.1) is 0 Å². The molecular weight excluding hydrogens is 384 g/mol. The highest BCUT2D eigenvalue weighted by Gasteiger charge is 2.28. The number of aldehydes is 1. The quantitative estimate of drug-likeness (QED) is 0.365. The molecule has 0 N–H and O–H groups in total. The maximum absolute atomic E-state index is 12.3. The lowest BCUT2D eigenvalue weighted by Crippen LogP contribution is -2.32. The standard InChI is InChI=1S/C28H30O3/c1-23-13-14-27(24(2)17-23)15-16-28(20-29,21-30-18-25-9-5-3-6-10-25)22-31-19-26-11-7-4-8-12-26/h3-17,20H,18-19,21-22H2,1-2H3/b16-15+. The molecule has 0 saturated carbocycles. The summed E-state index contributed by atoms with van der Waals surface area (Å²) in [5, 5.41) is 0. The highest BCUT2D eigenvalue weighted by Crippen LogP contribution is 2.23. The van der Waals surface area contributed by atoms with Crippen LogP contribution in [0.25, 0.3) is 6.08 Å². The van der Waals surface area contributed by atoms with E-state index in [-0.39, 0.29) is 13.2 Å². The van der Waals surface area contributed by atoms with Crippen LogP contribution >= 0.6 is 0 Å². The Hall–Kier alpha value is -3.01. The SMILES string of the molecule is Cc1ccc(/C=C/C(C=O)(COCc2ccccc2)COCc2ccccc2)c(C)c1. The number of hydrogen-bond donors (Lipinski definition) is 0. The normalized spacial score (nSPS) is 11.7. The highest BCUT2D eigenvalue weighted by atomic mass is 16.5. The maximum Gasteiger partial charge on any atom is 0.134 e. The number of carbonyl (C=O) groups is 1. The summed E-state index contributed by atoms with van der Waals surface area (Å²) in [6.45, 7) is 5.56. The van der Waals surface area contributed by atoms with Crippen molar-refractivity contribution < 1.29 is 14.3 Å². The first-order valence-electron chi connectivity index (χ1n) is 10.6. The number of aryl methyl sites for hydroxylation is 2. The van der Waals surface area contributed by atoms with E-state index in [9.17, 15) is 4.79 Å². The molecule has 160 valence electrons. The highest BCUT2D eigenvalue weighted by molar-refractivity contribution is 5.67. The molecule has 0 saturated heterocycles. The fourth-order valence-corrected chi connectivity index (χ4v) is 3.38. The van der Waals surface area contributed by atoms with Crippen molar-refractivity contribution in [2.45, 2.75) is 27.1 Å². The summed E-state index contributed by atoms with van der Waals surface area (Å²) in [7, 11) is 0. The summed E-state index contributed by atoms with van der Waals surface area (Å²) in [6.07, 6.45) is 4.87. The van der Waals surface area contributed by atoms with Crippen LogP contribution in [0.5, 0.6) is 0 Å². The molecule has 0 aliphatic rings. The van der Waals surface area contributed by atoms with Crippen molar-refractivity contribution in [2.24, 2.45) is 5.41 Å². The van der Waals surface area contributed by atoms with Gasteiger partial charge in [0.05, 0.1) is 31.8 Å². The zero-order valence-corrected chi connectivity index (χ0v) is 18.3. The third kappa shape index (κ3) is 7.02. The number of benzene rings is 3. The van der Waals surface area contributed by atoms with E-state index in [1.54, 1.807) is 0 Å². The lowest BCUT2D eigenvalue weighted by molar-refractivity contribution is -0.121. The van der Waals surface area contributed by atoms with Crippen molar-refractivity contribution in [2.75, 3.05) is 13.2 Å². The van der Waals surface area contributed by atoms with Crippen molar-refractivity contribution in [1.82, 2.24) is 0 Å². The average molecular weight is 415 g/mol. The van der Waals surface area contributed by atoms with E-state index in [4.69, 9.17) is 9.47 Å². The Morgan fingerprint density at radius 2 is 1.32 bits per heavy atom. The molecule has 3 rings (SSSR count). The molecule has 3 nitrogen and oxygen atoms in total. The van der Waals surface area contributed by atoms with Crippen LogP contribution in [0.3, 0.4) is 0 Å². The second-order valence-corrected chi connectivity index (χ2v) is 8.00. The predicted molar refractivity (Wildman–Crippen MR) is 126 cm³/mol. The van der Waals surface area contributed by atoms with E-state index in [1.807, 2.05) is 72.8 Å². The molecule has 0 fully saturated rings. The molecule has 0 unspecified atom stereocenters. The zero-order chi connectivity index (χ0) is 21.9. The molecule has 0 heterocycles. The molecule has 0 aliphatic carbocycles. The summed E-state index contributed by atoms with van der Waals surface area (Å²) in [4.78, 5) is 12.3. The maximum atomic E-state index is 12.3. The fraction of sp³-hybridized carbons (Fsp3) is 0.250. The molecule has 0 amide bonds. The minimum Gasteiger partial charge on any atom is -0.375 e. The average Bonchev–Trinajstić information content (AvgIpc) is 2.79. The first kappa shape index (κ1) is 22.7. The third-order valence-corrected chi connectivity index (χ3v) is 5.22. The molecular formula is C28H30O3. The van der Waals surface area contributed by atoms with E-state index < -0.39 is 5.41 Å². The largest absolute Gasteiger partial charge is 0.375 e. The van der Waals surface area contributed by atoms with Gasteiger partial charge in [0.2, 0.25) is 0 Å². The van der Waals surface area contributed by atoms with Crippen molar-refractivity contribution in [1.29, 1.82) is 0 Å². The Morgan fingerprint density at radius 3 is 1.81 bits per heavy atom. The van der Waals surface area contributed by atoms with Gasteiger partial charge in [-0.1, -0.05) is 96.6 Å². The zero-order valence-electron chi connectivity index (χ0n) is 18.3. The van der Waals surface area contributed by atoms with E-state index in [0.29, 0.717) is 13.2 Å². The van der Waals surface area contributed by atoms with Gasteiger partial charge in [0, 0.05) is 0 Å². The Balaban J connectivity index is 1.72. The molecule has 3 heteroatoms. The summed E-state index contributed by atoms with van der Waals surface area (Å²) in [5.41, 5.74) is 4.76. The first-order valence-corrected chi connectivity index (χ1v) is 10.6. The Labute approximate surface area is 185 Å². The number of rotatable bonds is 11. The minimum atomic E-state index is -0.860. The fourth-order valence-electron chi connectivity index (χ4n) is 3.38. The second kappa shape index (κ2) is 11.4. The Morgan fingerprint density at radius 1 is 0.774 bits per heavy atom. The van der Waals surface area contributed by atoms with Crippen LogP contribution in [-0.2, 0) is 27.5 Å². The van der Waals surface area contributed by atoms with Gasteiger partial charge in [0.15, 0.2) is 0 Å². The van der Waals surface area contributed by atoms with Gasteiger partial charge >= 0.3 is 0 Å². The van der Waals surface area contributed by atoms with Gasteiger partial charge in [-0.25, -0.2) is 0 Å². The molecule has 31 heavy (non-hydrogen) atoms. The van der Waals surface area contributed by atoms with Crippen LogP contribution in [0.2, 0.25) is 0 Å². The monoisotopic (exact) mass is 414 g/mol. The lowest BCUT2D eigenvalue weighted by atomic mass is 9.90. The molecule has 0 atom stereocenters. The Bertz CT molecular complexity index is 932. The van der Waals surface area contributed by atoms with Crippen LogP contribution in [0.15, 0.2) is 84.9 Å². The van der Waals surface area contributed by atoms with E-state index >= 15 is 0 Å². The van der Waals surface area contributed by atoms with Crippen LogP contribution in [0.4, 0.5) is 0 Å². The van der Waals surface area contributed by atoms with Crippen LogP contribution in [0, 0.1) is 19.3 Å². The number of carbonyl (C=O) groups excluding carboxylic acids is 1. The van der Waals surface area contributed by atoms with Gasteiger partial charge in [0.25, 0.3) is 0 Å². The summed E-state index contributed by atoms with van der Waals surface area (Å²) in [5.74, 6) is 0. The van der Waals surface area contributed by atoms with Gasteiger partial charge in [-0.05, 0) is 36.1 Å². The smallest absolute Gasteiger partial charge is 0.134 e. The van der Waals surface area contributed by atoms with Gasteiger partial charge in [0.1, 0.15) is 6.29 Å². The van der Waals surface area contributed by atoms with E-state index in [1.165, 1.54) is 11.1 Å².